The monoisotopic (exact) mass is 428 g/mol. The summed E-state index contributed by atoms with van der Waals surface area (Å²) in [4.78, 5) is 44.8. The molecule has 5 rings (SSSR count). The molecule has 0 saturated carbocycles. The molecule has 1 amide bonds. The van der Waals surface area contributed by atoms with Crippen LogP contribution in [0.4, 0.5) is 0 Å². The number of nitrogens with one attached hydrogen (secondary N) is 4. The quantitative estimate of drug-likeness (QED) is 0.350. The molecule has 9 heteroatoms. The van der Waals surface area contributed by atoms with E-state index < -0.39 is 0 Å². The van der Waals surface area contributed by atoms with Crippen LogP contribution < -0.4 is 16.6 Å². The number of aryl methyl sites for hydroxylation is 2. The molecule has 0 saturated heterocycles. The Balaban J connectivity index is 1.40. The van der Waals surface area contributed by atoms with Crippen LogP contribution >= 0.6 is 0 Å². The summed E-state index contributed by atoms with van der Waals surface area (Å²) in [5, 5.41) is 7.31. The summed E-state index contributed by atoms with van der Waals surface area (Å²) in [6.45, 7) is 4.29. The van der Waals surface area contributed by atoms with E-state index in [1.807, 2.05) is 38.1 Å². The number of imidazole rings is 1. The lowest BCUT2D eigenvalue weighted by atomic mass is 10.1. The van der Waals surface area contributed by atoms with E-state index in [0.29, 0.717) is 22.4 Å². The van der Waals surface area contributed by atoms with Crippen LogP contribution in [0.1, 0.15) is 27.0 Å². The Morgan fingerprint density at radius 3 is 2.59 bits per heavy atom. The summed E-state index contributed by atoms with van der Waals surface area (Å²) in [5.41, 5.74) is 5.26. The molecule has 0 unspecified atom stereocenters. The zero-order valence-electron chi connectivity index (χ0n) is 17.4. The van der Waals surface area contributed by atoms with Gasteiger partial charge < -0.3 is 20.3 Å². The summed E-state index contributed by atoms with van der Waals surface area (Å²) < 4.78 is 1.43. The maximum Gasteiger partial charge on any atom is 0.323 e. The topological polar surface area (TPSA) is 128 Å². The molecule has 160 valence electrons. The Hall–Kier alpha value is -4.40. The van der Waals surface area contributed by atoms with E-state index in [9.17, 15) is 14.4 Å². The van der Waals surface area contributed by atoms with Gasteiger partial charge in [0.05, 0.1) is 16.6 Å². The number of benzene rings is 2. The van der Waals surface area contributed by atoms with Gasteiger partial charge in [0.1, 0.15) is 5.52 Å². The van der Waals surface area contributed by atoms with Crippen molar-refractivity contribution < 1.29 is 4.79 Å². The van der Waals surface area contributed by atoms with Crippen molar-refractivity contribution in [3.8, 4) is 11.4 Å². The molecule has 0 aliphatic heterocycles. The molecule has 5 aromatic rings. The lowest BCUT2D eigenvalue weighted by molar-refractivity contribution is 0.0951. The van der Waals surface area contributed by atoms with Crippen molar-refractivity contribution in [1.82, 2.24) is 29.9 Å². The number of carbonyl (C=O) groups excluding carboxylic acids is 1. The highest BCUT2D eigenvalue weighted by Crippen LogP contribution is 2.18. The Morgan fingerprint density at radius 1 is 0.969 bits per heavy atom. The minimum Gasteiger partial charge on any atom is -0.348 e. The second-order valence-corrected chi connectivity index (χ2v) is 7.80. The fourth-order valence-electron chi connectivity index (χ4n) is 3.63. The number of H-pyrrole nitrogens is 3. The highest BCUT2D eigenvalue weighted by molar-refractivity contribution is 5.95. The maximum atomic E-state index is 12.7. The first-order valence-electron chi connectivity index (χ1n) is 10.1. The van der Waals surface area contributed by atoms with Crippen LogP contribution in [-0.4, -0.2) is 30.5 Å². The zero-order valence-corrected chi connectivity index (χ0v) is 17.4. The number of aromatic amines is 3. The number of aromatic nitrogens is 5. The molecule has 32 heavy (non-hydrogen) atoms. The van der Waals surface area contributed by atoms with E-state index in [1.54, 1.807) is 12.1 Å². The van der Waals surface area contributed by atoms with Crippen molar-refractivity contribution in [2.24, 2.45) is 0 Å². The first kappa shape index (κ1) is 19.6. The van der Waals surface area contributed by atoms with Gasteiger partial charge in [0.2, 0.25) is 0 Å². The van der Waals surface area contributed by atoms with Gasteiger partial charge in [-0.05, 0) is 54.8 Å². The van der Waals surface area contributed by atoms with Gasteiger partial charge in [-0.15, -0.1) is 5.10 Å². The molecule has 3 heterocycles. The molecule has 0 aliphatic carbocycles. The van der Waals surface area contributed by atoms with Crippen LogP contribution in [0.5, 0.6) is 0 Å². The van der Waals surface area contributed by atoms with Gasteiger partial charge in [0.25, 0.3) is 11.5 Å². The molecule has 0 atom stereocenters. The summed E-state index contributed by atoms with van der Waals surface area (Å²) in [5.74, 6) is 0.104. The van der Waals surface area contributed by atoms with Crippen molar-refractivity contribution in [1.29, 1.82) is 0 Å². The standard InChI is InChI=1S/C23H20N6O3/c1-12-3-5-15(7-13(12)2)20-27-22(31)19-9-16(11-29(19)28-20)21(30)24-10-14-4-6-17-18(8-14)26-23(32)25-17/h3-9,11H,10H2,1-2H3,(H,24,30)(H2,25,26,32)(H,27,28,31). The third kappa shape index (κ3) is 3.49. The second-order valence-electron chi connectivity index (χ2n) is 7.80. The predicted octanol–water partition coefficient (Wildman–Crippen LogP) is 2.41. The maximum absolute atomic E-state index is 12.7. The molecule has 0 radical (unpaired) electrons. The van der Waals surface area contributed by atoms with Crippen LogP contribution in [-0.2, 0) is 6.54 Å². The lowest BCUT2D eigenvalue weighted by Crippen LogP contribution is -2.22. The van der Waals surface area contributed by atoms with Crippen LogP contribution in [0.15, 0.2) is 58.3 Å². The van der Waals surface area contributed by atoms with Gasteiger partial charge in [-0.1, -0.05) is 18.2 Å². The smallest absolute Gasteiger partial charge is 0.323 e. The fourth-order valence-corrected chi connectivity index (χ4v) is 3.63. The number of rotatable bonds is 4. The van der Waals surface area contributed by atoms with Crippen molar-refractivity contribution in [3.63, 3.8) is 0 Å². The normalized spacial score (nSPS) is 11.3. The minimum atomic E-state index is -0.328. The summed E-state index contributed by atoms with van der Waals surface area (Å²) in [7, 11) is 0. The van der Waals surface area contributed by atoms with Gasteiger partial charge in [-0.3, -0.25) is 9.59 Å². The van der Waals surface area contributed by atoms with Crippen LogP contribution in [0.25, 0.3) is 27.9 Å². The number of hydrogen-bond acceptors (Lipinski definition) is 4. The number of nitrogens with zero attached hydrogens (tertiary/aromatic N) is 2. The molecular formula is C23H20N6O3. The van der Waals surface area contributed by atoms with Gasteiger partial charge in [-0.2, -0.15) is 0 Å². The van der Waals surface area contributed by atoms with E-state index >= 15 is 0 Å². The minimum absolute atomic E-state index is 0.270. The van der Waals surface area contributed by atoms with Crippen LogP contribution in [0.3, 0.4) is 0 Å². The van der Waals surface area contributed by atoms with Crippen molar-refractivity contribution in [2.45, 2.75) is 20.4 Å². The van der Waals surface area contributed by atoms with Crippen molar-refractivity contribution in [2.75, 3.05) is 0 Å². The highest BCUT2D eigenvalue weighted by Gasteiger charge is 2.13. The number of hydrogen-bond donors (Lipinski definition) is 4. The van der Waals surface area contributed by atoms with E-state index in [4.69, 9.17) is 0 Å². The molecule has 9 nitrogen and oxygen atoms in total. The van der Waals surface area contributed by atoms with E-state index in [-0.39, 0.29) is 29.2 Å². The molecule has 0 spiro atoms. The molecule has 0 bridgehead atoms. The molecule has 4 N–H and O–H groups in total. The zero-order chi connectivity index (χ0) is 22.4. The van der Waals surface area contributed by atoms with Crippen LogP contribution in [0, 0.1) is 13.8 Å². The highest BCUT2D eigenvalue weighted by atomic mass is 16.2. The SMILES string of the molecule is Cc1ccc(-c2nn3cc(C(=O)NCc4ccc5[nH]c(=O)[nH]c5c4)cc3c(=O)[nH]2)cc1C. The largest absolute Gasteiger partial charge is 0.348 e. The molecule has 3 aromatic heterocycles. The average molecular weight is 428 g/mol. The lowest BCUT2D eigenvalue weighted by Gasteiger charge is -2.05. The predicted molar refractivity (Wildman–Crippen MR) is 121 cm³/mol. The Bertz CT molecular complexity index is 1620. The number of amides is 1. The van der Waals surface area contributed by atoms with Gasteiger partial charge in [0.15, 0.2) is 5.82 Å². The van der Waals surface area contributed by atoms with Gasteiger partial charge in [0, 0.05) is 18.3 Å². The van der Waals surface area contributed by atoms with E-state index in [0.717, 1.165) is 22.3 Å². The average Bonchev–Trinajstić information content (AvgIpc) is 3.36. The number of carbonyl (C=O) groups is 1. The summed E-state index contributed by atoms with van der Waals surface area (Å²) >= 11 is 0. The Labute approximate surface area is 181 Å². The molecule has 2 aromatic carbocycles. The second kappa shape index (κ2) is 7.38. The third-order valence-electron chi connectivity index (χ3n) is 5.55. The molecular weight excluding hydrogens is 408 g/mol. The summed E-state index contributed by atoms with van der Waals surface area (Å²) in [6.07, 6.45) is 1.54. The molecule has 0 fully saturated rings. The molecule has 0 aliphatic rings. The third-order valence-corrected chi connectivity index (χ3v) is 5.55. The number of fused-ring (bicyclic) bond motifs is 2. The van der Waals surface area contributed by atoms with Crippen molar-refractivity contribution >= 4 is 22.5 Å². The van der Waals surface area contributed by atoms with Crippen molar-refractivity contribution in [3.05, 3.63) is 91.8 Å². The fraction of sp³-hybridized carbons (Fsp3) is 0.130. The van der Waals surface area contributed by atoms with Crippen LogP contribution in [0.2, 0.25) is 0 Å². The van der Waals surface area contributed by atoms with Gasteiger partial charge >= 0.3 is 5.69 Å². The van der Waals surface area contributed by atoms with Gasteiger partial charge in [-0.25, -0.2) is 9.31 Å². The Morgan fingerprint density at radius 2 is 1.78 bits per heavy atom. The first-order valence-corrected chi connectivity index (χ1v) is 10.1. The first-order chi connectivity index (χ1) is 15.4. The van der Waals surface area contributed by atoms with E-state index in [1.165, 1.54) is 16.8 Å². The van der Waals surface area contributed by atoms with E-state index in [2.05, 4.69) is 25.4 Å². The summed E-state index contributed by atoms with van der Waals surface area (Å²) in [6, 6.07) is 12.8. The Kier molecular flexibility index (Phi) is 4.51.